The van der Waals surface area contributed by atoms with E-state index < -0.39 is 22.0 Å². The van der Waals surface area contributed by atoms with E-state index in [0.717, 1.165) is 12.1 Å². The van der Waals surface area contributed by atoms with Crippen molar-refractivity contribution in [2.45, 2.75) is 32.3 Å². The van der Waals surface area contributed by atoms with Crippen LogP contribution in [0.4, 0.5) is 15.8 Å². The average Bonchev–Trinajstić information content (AvgIpc) is 2.39. The molecule has 0 heterocycles. The van der Waals surface area contributed by atoms with E-state index in [4.69, 9.17) is 11.6 Å². The van der Waals surface area contributed by atoms with Gasteiger partial charge in [-0.05, 0) is 18.9 Å². The zero-order chi connectivity index (χ0) is 14.6. The minimum absolute atomic E-state index is 0.0942. The summed E-state index contributed by atoms with van der Waals surface area (Å²) in [4.78, 5) is 10.1. The lowest BCUT2D eigenvalue weighted by atomic mass is 9.97. The van der Waals surface area contributed by atoms with Gasteiger partial charge in [0.1, 0.15) is 11.5 Å². The highest BCUT2D eigenvalue weighted by molar-refractivity contribution is 6.31. The van der Waals surface area contributed by atoms with Gasteiger partial charge in [0.05, 0.1) is 21.6 Å². The van der Waals surface area contributed by atoms with Crippen LogP contribution in [0.2, 0.25) is 5.02 Å². The summed E-state index contributed by atoms with van der Waals surface area (Å²) in [6.45, 7) is 3.76. The molecule has 5 nitrogen and oxygen atoms in total. The number of halogens is 2. The molecule has 0 aliphatic carbocycles. The summed E-state index contributed by atoms with van der Waals surface area (Å²) in [5.41, 5.74) is -1.28. The van der Waals surface area contributed by atoms with Gasteiger partial charge in [-0.2, -0.15) is 0 Å². The van der Waals surface area contributed by atoms with Crippen molar-refractivity contribution >= 4 is 23.0 Å². The quantitative estimate of drug-likeness (QED) is 0.622. The molecule has 0 amide bonds. The van der Waals surface area contributed by atoms with Gasteiger partial charge in [0.15, 0.2) is 0 Å². The third kappa shape index (κ3) is 3.78. The van der Waals surface area contributed by atoms with Gasteiger partial charge in [0.2, 0.25) is 0 Å². The summed E-state index contributed by atoms with van der Waals surface area (Å²) >= 11 is 5.61. The first-order chi connectivity index (χ1) is 8.83. The van der Waals surface area contributed by atoms with Gasteiger partial charge in [0, 0.05) is 6.54 Å². The highest BCUT2D eigenvalue weighted by atomic mass is 35.5. The van der Waals surface area contributed by atoms with Crippen molar-refractivity contribution in [1.29, 1.82) is 0 Å². The third-order valence-corrected chi connectivity index (χ3v) is 3.45. The number of benzene rings is 1. The lowest BCUT2D eigenvalue weighted by Crippen LogP contribution is -2.35. The molecular formula is C12H16ClFN2O3. The average molecular weight is 291 g/mol. The summed E-state index contributed by atoms with van der Waals surface area (Å²) in [5.74, 6) is -0.847. The monoisotopic (exact) mass is 290 g/mol. The Morgan fingerprint density at radius 1 is 1.47 bits per heavy atom. The highest BCUT2D eigenvalue weighted by Crippen LogP contribution is 2.31. The first-order valence-electron chi connectivity index (χ1n) is 5.92. The number of anilines is 1. The number of aliphatic hydroxyl groups is 1. The first-order valence-corrected chi connectivity index (χ1v) is 6.30. The smallest absolute Gasteiger partial charge is 0.295 e. The molecule has 0 aliphatic heterocycles. The molecule has 0 atom stereocenters. The predicted molar refractivity (Wildman–Crippen MR) is 72.1 cm³/mol. The Balaban J connectivity index is 3.00. The van der Waals surface area contributed by atoms with Crippen LogP contribution >= 0.6 is 11.6 Å². The lowest BCUT2D eigenvalue weighted by molar-refractivity contribution is -0.384. The molecule has 1 rings (SSSR count). The molecule has 0 aliphatic rings. The Hall–Kier alpha value is -1.40. The Morgan fingerprint density at radius 3 is 2.53 bits per heavy atom. The summed E-state index contributed by atoms with van der Waals surface area (Å²) in [6.07, 6.45) is 0.998. The number of nitrogens with one attached hydrogen (secondary N) is 1. The molecule has 106 valence electrons. The Morgan fingerprint density at radius 2 is 2.05 bits per heavy atom. The van der Waals surface area contributed by atoms with Crippen molar-refractivity contribution in [2.24, 2.45) is 0 Å². The molecule has 0 aromatic heterocycles. The van der Waals surface area contributed by atoms with Crippen LogP contribution in [0.25, 0.3) is 0 Å². The van der Waals surface area contributed by atoms with Crippen molar-refractivity contribution in [2.75, 3.05) is 11.9 Å². The molecule has 1 aromatic carbocycles. The van der Waals surface area contributed by atoms with Crippen LogP contribution < -0.4 is 5.32 Å². The van der Waals surface area contributed by atoms with Gasteiger partial charge in [-0.25, -0.2) is 4.39 Å². The molecule has 0 radical (unpaired) electrons. The molecular weight excluding hydrogens is 275 g/mol. The fraction of sp³-hybridized carbons (Fsp3) is 0.500. The minimum Gasteiger partial charge on any atom is -0.388 e. The van der Waals surface area contributed by atoms with E-state index in [1.165, 1.54) is 0 Å². The fourth-order valence-corrected chi connectivity index (χ4v) is 1.75. The zero-order valence-corrected chi connectivity index (χ0v) is 11.5. The number of hydrogen-bond acceptors (Lipinski definition) is 4. The van der Waals surface area contributed by atoms with Gasteiger partial charge in [-0.15, -0.1) is 0 Å². The van der Waals surface area contributed by atoms with E-state index >= 15 is 0 Å². The van der Waals surface area contributed by atoms with Crippen molar-refractivity contribution < 1.29 is 14.4 Å². The normalized spacial score (nSPS) is 11.4. The van der Waals surface area contributed by atoms with E-state index in [1.54, 1.807) is 0 Å². The number of nitro benzene ring substituents is 1. The van der Waals surface area contributed by atoms with Crippen LogP contribution in [0.15, 0.2) is 12.1 Å². The number of hydrogen-bond donors (Lipinski definition) is 2. The maximum atomic E-state index is 13.2. The second kappa shape index (κ2) is 6.16. The molecule has 2 N–H and O–H groups in total. The van der Waals surface area contributed by atoms with Crippen LogP contribution in [-0.2, 0) is 0 Å². The molecule has 0 spiro atoms. The van der Waals surface area contributed by atoms with Crippen molar-refractivity contribution in [3.8, 4) is 0 Å². The highest BCUT2D eigenvalue weighted by Gasteiger charge is 2.24. The number of nitro groups is 1. The first kappa shape index (κ1) is 15.7. The van der Waals surface area contributed by atoms with Gasteiger partial charge in [-0.3, -0.25) is 10.1 Å². The predicted octanol–water partition coefficient (Wildman–Crippen LogP) is 3.35. The van der Waals surface area contributed by atoms with Crippen LogP contribution in [0.5, 0.6) is 0 Å². The Kier molecular flexibility index (Phi) is 5.08. The summed E-state index contributed by atoms with van der Waals surface area (Å²) < 4.78 is 13.2. The van der Waals surface area contributed by atoms with Crippen LogP contribution in [0, 0.1) is 15.9 Å². The number of rotatable bonds is 6. The molecule has 1 aromatic rings. The number of nitrogens with zero attached hydrogens (tertiary/aromatic N) is 1. The van der Waals surface area contributed by atoms with Gasteiger partial charge in [0.25, 0.3) is 5.69 Å². The molecule has 19 heavy (non-hydrogen) atoms. The van der Waals surface area contributed by atoms with Gasteiger partial charge < -0.3 is 10.4 Å². The van der Waals surface area contributed by atoms with Crippen LogP contribution in [0.1, 0.15) is 26.7 Å². The van der Waals surface area contributed by atoms with E-state index in [9.17, 15) is 19.6 Å². The molecule has 7 heteroatoms. The molecule has 0 bridgehead atoms. The van der Waals surface area contributed by atoms with Crippen molar-refractivity contribution in [3.05, 3.63) is 33.1 Å². The van der Waals surface area contributed by atoms with E-state index in [1.807, 2.05) is 13.8 Å². The Bertz CT molecular complexity index is 478. The summed E-state index contributed by atoms with van der Waals surface area (Å²) in [5, 5.41) is 23.5. The standard InChI is InChI=1S/C12H16ClFN2O3/c1-3-12(17,4-2)7-15-10-5-8(13)9(14)6-11(10)16(18)19/h5-6,15,17H,3-4,7H2,1-2H3. The molecule has 0 saturated heterocycles. The Labute approximate surface area is 115 Å². The summed E-state index contributed by atoms with van der Waals surface area (Å²) in [7, 11) is 0. The molecule has 0 fully saturated rings. The maximum Gasteiger partial charge on any atom is 0.295 e. The van der Waals surface area contributed by atoms with Crippen molar-refractivity contribution in [3.63, 3.8) is 0 Å². The molecule has 0 unspecified atom stereocenters. The van der Waals surface area contributed by atoms with E-state index in [-0.39, 0.29) is 17.3 Å². The summed E-state index contributed by atoms with van der Waals surface area (Å²) in [6, 6.07) is 1.92. The lowest BCUT2D eigenvalue weighted by Gasteiger charge is -2.25. The third-order valence-electron chi connectivity index (χ3n) is 3.16. The van der Waals surface area contributed by atoms with Gasteiger partial charge in [-0.1, -0.05) is 25.4 Å². The minimum atomic E-state index is -0.964. The van der Waals surface area contributed by atoms with Crippen molar-refractivity contribution in [1.82, 2.24) is 0 Å². The maximum absolute atomic E-state index is 13.2. The second-order valence-corrected chi connectivity index (χ2v) is 4.73. The molecule has 0 saturated carbocycles. The SMILES string of the molecule is CCC(O)(CC)CNc1cc(Cl)c(F)cc1[N+](=O)[O-]. The second-order valence-electron chi connectivity index (χ2n) is 4.33. The van der Waals surface area contributed by atoms with Gasteiger partial charge >= 0.3 is 0 Å². The largest absolute Gasteiger partial charge is 0.388 e. The fourth-order valence-electron chi connectivity index (χ4n) is 1.59. The van der Waals surface area contributed by atoms with Crippen LogP contribution in [0.3, 0.4) is 0 Å². The van der Waals surface area contributed by atoms with E-state index in [0.29, 0.717) is 12.8 Å². The van der Waals surface area contributed by atoms with E-state index in [2.05, 4.69) is 5.32 Å². The zero-order valence-electron chi connectivity index (χ0n) is 10.7. The van der Waals surface area contributed by atoms with Crippen LogP contribution in [-0.4, -0.2) is 22.2 Å². The topological polar surface area (TPSA) is 75.4 Å².